The van der Waals surface area contributed by atoms with Crippen molar-refractivity contribution in [3.05, 3.63) is 33.3 Å². The molecule has 1 rings (SSSR count). The average molecular weight is 308 g/mol. The van der Waals surface area contributed by atoms with Gasteiger partial charge in [0.1, 0.15) is 4.90 Å². The highest BCUT2D eigenvalue weighted by Gasteiger charge is 2.25. The molecule has 0 aliphatic carbocycles. The Morgan fingerprint density at radius 1 is 1.47 bits per heavy atom. The maximum Gasteiger partial charge on any atom is 0.270 e. The van der Waals surface area contributed by atoms with Gasteiger partial charge in [-0.2, -0.15) is 4.31 Å². The first-order valence-corrected chi connectivity index (χ1v) is 7.17. The standard InChI is InChI=1S/C10H14ClN3O4S/c1-12-5-6-13(2)19(17,18)10-7-8(14(15)16)3-4-9(10)11/h3-4,7,12H,5-6H2,1-2H3. The summed E-state index contributed by atoms with van der Waals surface area (Å²) in [5.74, 6) is 0. The number of hydrogen-bond donors (Lipinski definition) is 1. The van der Waals surface area contributed by atoms with Crippen LogP contribution in [0.25, 0.3) is 0 Å². The molecule has 7 nitrogen and oxygen atoms in total. The smallest absolute Gasteiger partial charge is 0.270 e. The molecule has 0 spiro atoms. The lowest BCUT2D eigenvalue weighted by molar-refractivity contribution is -0.385. The molecule has 19 heavy (non-hydrogen) atoms. The lowest BCUT2D eigenvalue weighted by Gasteiger charge is -2.17. The lowest BCUT2D eigenvalue weighted by atomic mass is 10.3. The van der Waals surface area contributed by atoms with E-state index in [-0.39, 0.29) is 22.2 Å². The second-order valence-corrected chi connectivity index (χ2v) is 6.22. The van der Waals surface area contributed by atoms with E-state index in [2.05, 4.69) is 5.32 Å². The third kappa shape index (κ3) is 3.63. The van der Waals surface area contributed by atoms with E-state index in [0.717, 1.165) is 16.4 Å². The average Bonchev–Trinajstić information content (AvgIpc) is 2.35. The maximum atomic E-state index is 12.2. The molecule has 0 atom stereocenters. The van der Waals surface area contributed by atoms with Crippen LogP contribution < -0.4 is 5.32 Å². The number of likely N-dealkylation sites (N-methyl/N-ethyl adjacent to an activating group) is 2. The molecule has 0 saturated carbocycles. The molecule has 1 N–H and O–H groups in total. The van der Waals surface area contributed by atoms with Crippen LogP contribution in [0.1, 0.15) is 0 Å². The Morgan fingerprint density at radius 3 is 2.63 bits per heavy atom. The van der Waals surface area contributed by atoms with E-state index in [1.165, 1.54) is 13.1 Å². The van der Waals surface area contributed by atoms with Crippen molar-refractivity contribution in [3.8, 4) is 0 Å². The van der Waals surface area contributed by atoms with Crippen LogP contribution in [0.2, 0.25) is 5.02 Å². The number of halogens is 1. The van der Waals surface area contributed by atoms with E-state index in [1.807, 2.05) is 0 Å². The molecular formula is C10H14ClN3O4S. The van der Waals surface area contributed by atoms with Gasteiger partial charge in [-0.1, -0.05) is 11.6 Å². The molecule has 0 aliphatic rings. The van der Waals surface area contributed by atoms with E-state index in [4.69, 9.17) is 11.6 Å². The number of nitro groups is 1. The van der Waals surface area contributed by atoms with Crippen molar-refractivity contribution in [2.45, 2.75) is 4.90 Å². The maximum absolute atomic E-state index is 12.2. The molecule has 0 bridgehead atoms. The van der Waals surface area contributed by atoms with Crippen molar-refractivity contribution in [1.82, 2.24) is 9.62 Å². The molecule has 0 radical (unpaired) electrons. The first-order chi connectivity index (χ1) is 8.80. The minimum atomic E-state index is -3.84. The minimum absolute atomic E-state index is 0.0399. The summed E-state index contributed by atoms with van der Waals surface area (Å²) in [4.78, 5) is 9.75. The van der Waals surface area contributed by atoms with Crippen molar-refractivity contribution in [2.75, 3.05) is 27.2 Å². The topological polar surface area (TPSA) is 92.6 Å². The Morgan fingerprint density at radius 2 is 2.11 bits per heavy atom. The number of nitrogens with zero attached hydrogens (tertiary/aromatic N) is 2. The summed E-state index contributed by atoms with van der Waals surface area (Å²) >= 11 is 5.82. The van der Waals surface area contributed by atoms with Gasteiger partial charge in [0.15, 0.2) is 0 Å². The highest BCUT2D eigenvalue weighted by Crippen LogP contribution is 2.27. The zero-order valence-corrected chi connectivity index (χ0v) is 12.0. The first-order valence-electron chi connectivity index (χ1n) is 5.35. The molecule has 1 aromatic rings. The molecule has 9 heteroatoms. The van der Waals surface area contributed by atoms with Crippen LogP contribution >= 0.6 is 11.6 Å². The van der Waals surface area contributed by atoms with Crippen molar-refractivity contribution in [1.29, 1.82) is 0 Å². The second kappa shape index (κ2) is 6.29. The number of nitrogens with one attached hydrogen (secondary N) is 1. The number of rotatable bonds is 6. The molecule has 0 amide bonds. The summed E-state index contributed by atoms with van der Waals surface area (Å²) in [5, 5.41) is 13.5. The Hall–Kier alpha value is -1.22. The molecule has 0 unspecified atom stereocenters. The molecule has 1 aromatic carbocycles. The van der Waals surface area contributed by atoms with Gasteiger partial charge in [0.2, 0.25) is 10.0 Å². The van der Waals surface area contributed by atoms with Crippen LogP contribution in [0.5, 0.6) is 0 Å². The largest absolute Gasteiger partial charge is 0.318 e. The minimum Gasteiger partial charge on any atom is -0.318 e. The number of sulfonamides is 1. The third-order valence-electron chi connectivity index (χ3n) is 2.49. The van der Waals surface area contributed by atoms with E-state index in [0.29, 0.717) is 6.54 Å². The Labute approximate surface area is 116 Å². The molecule has 0 aliphatic heterocycles. The predicted octanol–water partition coefficient (Wildman–Crippen LogP) is 1.09. The molecule has 0 aromatic heterocycles. The van der Waals surface area contributed by atoms with Gasteiger partial charge in [-0.3, -0.25) is 10.1 Å². The SMILES string of the molecule is CNCCN(C)S(=O)(=O)c1cc([N+](=O)[O-])ccc1Cl. The summed E-state index contributed by atoms with van der Waals surface area (Å²) in [5.41, 5.74) is -0.315. The van der Waals surface area contributed by atoms with Gasteiger partial charge in [0.05, 0.1) is 9.95 Å². The van der Waals surface area contributed by atoms with Crippen molar-refractivity contribution >= 4 is 27.3 Å². The zero-order chi connectivity index (χ0) is 14.6. The monoisotopic (exact) mass is 307 g/mol. The Bertz CT molecular complexity index is 576. The fourth-order valence-electron chi connectivity index (χ4n) is 1.36. The highest BCUT2D eigenvalue weighted by molar-refractivity contribution is 7.89. The second-order valence-electron chi connectivity index (χ2n) is 3.80. The van der Waals surface area contributed by atoms with Crippen LogP contribution in [-0.4, -0.2) is 44.8 Å². The summed E-state index contributed by atoms with van der Waals surface area (Å²) in [6.07, 6.45) is 0. The quantitative estimate of drug-likeness (QED) is 0.627. The van der Waals surface area contributed by atoms with Crippen LogP contribution in [0, 0.1) is 10.1 Å². The van der Waals surface area contributed by atoms with Gasteiger partial charge >= 0.3 is 0 Å². The molecule has 0 fully saturated rings. The van der Waals surface area contributed by atoms with E-state index >= 15 is 0 Å². The van der Waals surface area contributed by atoms with Crippen LogP contribution in [0.3, 0.4) is 0 Å². The Kier molecular flexibility index (Phi) is 5.24. The van der Waals surface area contributed by atoms with Crippen molar-refractivity contribution in [2.24, 2.45) is 0 Å². The first kappa shape index (κ1) is 15.8. The van der Waals surface area contributed by atoms with E-state index in [1.54, 1.807) is 7.05 Å². The molecular weight excluding hydrogens is 294 g/mol. The summed E-state index contributed by atoms with van der Waals surface area (Å²) in [6, 6.07) is 3.33. The number of non-ortho nitro benzene ring substituents is 1. The van der Waals surface area contributed by atoms with Gasteiger partial charge < -0.3 is 5.32 Å². The van der Waals surface area contributed by atoms with Crippen molar-refractivity contribution in [3.63, 3.8) is 0 Å². The fourth-order valence-corrected chi connectivity index (χ4v) is 3.02. The predicted molar refractivity (Wildman–Crippen MR) is 71.8 cm³/mol. The molecule has 0 heterocycles. The van der Waals surface area contributed by atoms with Gasteiger partial charge in [0, 0.05) is 32.3 Å². The molecule has 0 saturated heterocycles. The van der Waals surface area contributed by atoms with Gasteiger partial charge in [-0.25, -0.2) is 8.42 Å². The third-order valence-corrected chi connectivity index (χ3v) is 4.83. The number of hydrogen-bond acceptors (Lipinski definition) is 5. The summed E-state index contributed by atoms with van der Waals surface area (Å²) in [6.45, 7) is 0.695. The summed E-state index contributed by atoms with van der Waals surface area (Å²) < 4.78 is 25.5. The highest BCUT2D eigenvalue weighted by atomic mass is 35.5. The fraction of sp³-hybridized carbons (Fsp3) is 0.400. The van der Waals surface area contributed by atoms with E-state index < -0.39 is 14.9 Å². The molecule has 106 valence electrons. The lowest BCUT2D eigenvalue weighted by Crippen LogP contribution is -2.33. The van der Waals surface area contributed by atoms with E-state index in [9.17, 15) is 18.5 Å². The normalized spacial score (nSPS) is 11.8. The Balaban J connectivity index is 3.20. The van der Waals surface area contributed by atoms with Crippen LogP contribution in [-0.2, 0) is 10.0 Å². The number of benzene rings is 1. The van der Waals surface area contributed by atoms with Crippen molar-refractivity contribution < 1.29 is 13.3 Å². The number of nitro benzene ring substituents is 1. The van der Waals surface area contributed by atoms with Crippen LogP contribution in [0.15, 0.2) is 23.1 Å². The van der Waals surface area contributed by atoms with Gasteiger partial charge in [0.25, 0.3) is 5.69 Å². The van der Waals surface area contributed by atoms with Crippen LogP contribution in [0.4, 0.5) is 5.69 Å². The van der Waals surface area contributed by atoms with Gasteiger partial charge in [-0.15, -0.1) is 0 Å². The zero-order valence-electron chi connectivity index (χ0n) is 10.5. The summed E-state index contributed by atoms with van der Waals surface area (Å²) in [7, 11) is -0.755. The van der Waals surface area contributed by atoms with Gasteiger partial charge in [-0.05, 0) is 13.1 Å².